The van der Waals surface area contributed by atoms with E-state index in [2.05, 4.69) is 0 Å². The maximum Gasteiger partial charge on any atom is 0.401 e. The highest BCUT2D eigenvalue weighted by Crippen LogP contribution is 2.31. The van der Waals surface area contributed by atoms with Gasteiger partial charge in [0, 0.05) is 12.6 Å². The largest absolute Gasteiger partial charge is 0.401 e. The van der Waals surface area contributed by atoms with Crippen LogP contribution in [-0.4, -0.2) is 40.9 Å². The number of halogens is 3. The number of hydrogen-bond donors (Lipinski definition) is 1. The Morgan fingerprint density at radius 2 is 1.71 bits per heavy atom. The Balaban J connectivity index is 2.48. The molecule has 0 spiro atoms. The van der Waals surface area contributed by atoms with Gasteiger partial charge < -0.3 is 5.11 Å². The quantitative estimate of drug-likeness (QED) is 0.766. The minimum Gasteiger partial charge on any atom is -0.389 e. The summed E-state index contributed by atoms with van der Waals surface area (Å²) in [7, 11) is 0. The molecule has 2 nitrogen and oxygen atoms in total. The normalized spacial score (nSPS) is 19.1. The van der Waals surface area contributed by atoms with Gasteiger partial charge in [-0.3, -0.25) is 4.90 Å². The monoisotopic (exact) mass is 211 g/mol. The first-order valence-corrected chi connectivity index (χ1v) is 4.70. The fourth-order valence-electron chi connectivity index (χ4n) is 1.48. The summed E-state index contributed by atoms with van der Waals surface area (Å²) in [6.07, 6.45) is -2.55. The van der Waals surface area contributed by atoms with E-state index in [9.17, 15) is 18.3 Å². The molecule has 0 saturated heterocycles. The highest BCUT2D eigenvalue weighted by Gasteiger charge is 2.39. The lowest BCUT2D eigenvalue weighted by molar-refractivity contribution is -0.152. The molecule has 0 unspecified atom stereocenters. The Kier molecular flexibility index (Phi) is 3.11. The van der Waals surface area contributed by atoms with Crippen molar-refractivity contribution in [2.24, 2.45) is 0 Å². The Bertz CT molecular complexity index is 177. The maximum atomic E-state index is 12.1. The predicted molar refractivity (Wildman–Crippen MR) is 46.9 cm³/mol. The van der Waals surface area contributed by atoms with E-state index < -0.39 is 18.3 Å². The van der Waals surface area contributed by atoms with Gasteiger partial charge in [-0.25, -0.2) is 0 Å². The van der Waals surface area contributed by atoms with Gasteiger partial charge >= 0.3 is 6.18 Å². The van der Waals surface area contributed by atoms with Gasteiger partial charge in [0.05, 0.1) is 12.1 Å². The molecular weight excluding hydrogens is 195 g/mol. The molecule has 1 aliphatic rings. The SMILES string of the molecule is CC(C)(O)CN(CC(F)(F)F)C1CC1. The van der Waals surface area contributed by atoms with Gasteiger partial charge in [-0.05, 0) is 26.7 Å². The van der Waals surface area contributed by atoms with Crippen LogP contribution >= 0.6 is 0 Å². The van der Waals surface area contributed by atoms with Crippen LogP contribution in [0.15, 0.2) is 0 Å². The summed E-state index contributed by atoms with van der Waals surface area (Å²) in [5.41, 5.74) is -1.06. The summed E-state index contributed by atoms with van der Waals surface area (Å²) in [6, 6.07) is 0.0167. The molecule has 0 heterocycles. The molecule has 1 aliphatic carbocycles. The van der Waals surface area contributed by atoms with Crippen LogP contribution in [0.2, 0.25) is 0 Å². The van der Waals surface area contributed by atoms with Crippen LogP contribution in [0, 0.1) is 0 Å². The smallest absolute Gasteiger partial charge is 0.389 e. The van der Waals surface area contributed by atoms with Gasteiger partial charge in [-0.1, -0.05) is 0 Å². The molecule has 1 N–H and O–H groups in total. The standard InChI is InChI=1S/C9H16F3NO/c1-8(2,14)5-13(7-3-4-7)6-9(10,11)12/h7,14H,3-6H2,1-2H3. The van der Waals surface area contributed by atoms with E-state index in [1.54, 1.807) is 0 Å². The van der Waals surface area contributed by atoms with Crippen molar-refractivity contribution in [2.75, 3.05) is 13.1 Å². The zero-order valence-corrected chi connectivity index (χ0v) is 8.43. The van der Waals surface area contributed by atoms with Crippen molar-refractivity contribution >= 4 is 0 Å². The third-order valence-electron chi connectivity index (χ3n) is 2.04. The molecule has 0 aromatic carbocycles. The Labute approximate surface area is 81.7 Å². The summed E-state index contributed by atoms with van der Waals surface area (Å²) >= 11 is 0. The predicted octanol–water partition coefficient (Wildman–Crippen LogP) is 1.78. The zero-order chi connectivity index (χ0) is 11.0. The van der Waals surface area contributed by atoms with Crippen molar-refractivity contribution in [1.82, 2.24) is 4.90 Å². The number of nitrogens with zero attached hydrogens (tertiary/aromatic N) is 1. The molecule has 1 rings (SSSR count). The summed E-state index contributed by atoms with van der Waals surface area (Å²) in [5, 5.41) is 9.45. The summed E-state index contributed by atoms with van der Waals surface area (Å²) in [4.78, 5) is 1.32. The van der Waals surface area contributed by atoms with Crippen molar-refractivity contribution in [2.45, 2.75) is 44.5 Å². The average molecular weight is 211 g/mol. The topological polar surface area (TPSA) is 23.5 Å². The summed E-state index contributed by atoms with van der Waals surface area (Å²) < 4.78 is 36.4. The highest BCUT2D eigenvalue weighted by atomic mass is 19.4. The van der Waals surface area contributed by atoms with Crippen LogP contribution in [0.1, 0.15) is 26.7 Å². The molecule has 0 atom stereocenters. The van der Waals surface area contributed by atoms with Crippen LogP contribution < -0.4 is 0 Å². The number of hydrogen-bond acceptors (Lipinski definition) is 2. The highest BCUT2D eigenvalue weighted by molar-refractivity contribution is 4.88. The fourth-order valence-corrected chi connectivity index (χ4v) is 1.48. The van der Waals surface area contributed by atoms with Crippen molar-refractivity contribution in [3.05, 3.63) is 0 Å². The van der Waals surface area contributed by atoms with Crippen LogP contribution in [-0.2, 0) is 0 Å². The second kappa shape index (κ2) is 3.70. The molecule has 1 fully saturated rings. The first-order chi connectivity index (χ1) is 6.17. The van der Waals surface area contributed by atoms with Crippen molar-refractivity contribution < 1.29 is 18.3 Å². The fraction of sp³-hybridized carbons (Fsp3) is 1.00. The first kappa shape index (κ1) is 11.8. The lowest BCUT2D eigenvalue weighted by atomic mass is 10.1. The molecular formula is C9H16F3NO. The number of alkyl halides is 3. The Morgan fingerprint density at radius 1 is 1.21 bits per heavy atom. The van der Waals surface area contributed by atoms with E-state index in [1.165, 1.54) is 18.7 Å². The van der Waals surface area contributed by atoms with E-state index in [1.807, 2.05) is 0 Å². The van der Waals surface area contributed by atoms with Gasteiger partial charge in [-0.15, -0.1) is 0 Å². The number of aliphatic hydroxyl groups is 1. The number of rotatable bonds is 4. The van der Waals surface area contributed by atoms with Gasteiger partial charge in [0.25, 0.3) is 0 Å². The van der Waals surface area contributed by atoms with Crippen LogP contribution in [0.4, 0.5) is 13.2 Å². The molecule has 0 radical (unpaired) electrons. The second-order valence-corrected chi connectivity index (χ2v) is 4.56. The lowest BCUT2D eigenvalue weighted by Crippen LogP contribution is -2.44. The van der Waals surface area contributed by atoms with Crippen LogP contribution in [0.3, 0.4) is 0 Å². The third kappa shape index (κ3) is 4.81. The van der Waals surface area contributed by atoms with E-state index in [0.29, 0.717) is 0 Å². The Morgan fingerprint density at radius 3 is 2.00 bits per heavy atom. The van der Waals surface area contributed by atoms with Gasteiger partial charge in [0.1, 0.15) is 0 Å². The first-order valence-electron chi connectivity index (χ1n) is 4.70. The average Bonchev–Trinajstić information content (AvgIpc) is 2.57. The van der Waals surface area contributed by atoms with Crippen molar-refractivity contribution in [1.29, 1.82) is 0 Å². The molecule has 0 amide bonds. The van der Waals surface area contributed by atoms with Crippen molar-refractivity contribution in [3.8, 4) is 0 Å². The Hall–Kier alpha value is -0.290. The van der Waals surface area contributed by atoms with Crippen LogP contribution in [0.5, 0.6) is 0 Å². The maximum absolute atomic E-state index is 12.1. The molecule has 0 bridgehead atoms. The van der Waals surface area contributed by atoms with Crippen molar-refractivity contribution in [3.63, 3.8) is 0 Å². The minimum atomic E-state index is -4.17. The van der Waals surface area contributed by atoms with E-state index >= 15 is 0 Å². The molecule has 0 aromatic rings. The second-order valence-electron chi connectivity index (χ2n) is 4.56. The molecule has 0 aromatic heterocycles. The molecule has 1 saturated carbocycles. The van der Waals surface area contributed by atoms with E-state index in [-0.39, 0.29) is 12.6 Å². The summed E-state index contributed by atoms with van der Waals surface area (Å²) in [6.45, 7) is 2.22. The zero-order valence-electron chi connectivity index (χ0n) is 8.43. The van der Waals surface area contributed by atoms with Gasteiger partial charge in [0.15, 0.2) is 0 Å². The van der Waals surface area contributed by atoms with E-state index in [0.717, 1.165) is 12.8 Å². The van der Waals surface area contributed by atoms with E-state index in [4.69, 9.17) is 0 Å². The van der Waals surface area contributed by atoms with Crippen LogP contribution in [0.25, 0.3) is 0 Å². The third-order valence-corrected chi connectivity index (χ3v) is 2.04. The van der Waals surface area contributed by atoms with Gasteiger partial charge in [0.2, 0.25) is 0 Å². The lowest BCUT2D eigenvalue weighted by Gasteiger charge is -2.29. The molecule has 84 valence electrons. The molecule has 0 aliphatic heterocycles. The molecule has 5 heteroatoms. The van der Waals surface area contributed by atoms with Gasteiger partial charge in [-0.2, -0.15) is 13.2 Å². The summed E-state index contributed by atoms with van der Waals surface area (Å²) in [5.74, 6) is 0. The minimum absolute atomic E-state index is 0.0167. The molecule has 14 heavy (non-hydrogen) atoms.